The van der Waals surface area contributed by atoms with E-state index >= 15 is 0 Å². The van der Waals surface area contributed by atoms with E-state index in [0.29, 0.717) is 29.9 Å². The van der Waals surface area contributed by atoms with Crippen molar-refractivity contribution in [1.29, 1.82) is 0 Å². The summed E-state index contributed by atoms with van der Waals surface area (Å²) in [5.74, 6) is -0.721. The number of carbonyl (C=O) groups excluding carboxylic acids is 3. The maximum Gasteiger partial charge on any atom is 0.408 e. The van der Waals surface area contributed by atoms with Crippen LogP contribution in [-0.2, 0) is 30.4 Å². The van der Waals surface area contributed by atoms with Gasteiger partial charge in [-0.05, 0) is 48.6 Å². The van der Waals surface area contributed by atoms with Gasteiger partial charge in [0, 0.05) is 5.92 Å². The van der Waals surface area contributed by atoms with Gasteiger partial charge < -0.3 is 24.3 Å². The molecule has 2 aromatic rings. The van der Waals surface area contributed by atoms with Crippen LogP contribution in [0.1, 0.15) is 18.4 Å². The van der Waals surface area contributed by atoms with Gasteiger partial charge in [-0.3, -0.25) is 4.79 Å². The van der Waals surface area contributed by atoms with Gasteiger partial charge >= 0.3 is 18.0 Å². The number of ether oxygens (including phenoxy) is 4. The van der Waals surface area contributed by atoms with Crippen molar-refractivity contribution < 1.29 is 33.3 Å². The Hall–Kier alpha value is -4.07. The molecule has 0 aromatic heterocycles. The van der Waals surface area contributed by atoms with Crippen LogP contribution in [0.2, 0.25) is 0 Å². The number of carbonyl (C=O) groups is 3. The maximum atomic E-state index is 13.4. The first kappa shape index (κ1) is 25.0. The van der Waals surface area contributed by atoms with Crippen molar-refractivity contribution in [3.05, 3.63) is 85.5 Å². The van der Waals surface area contributed by atoms with E-state index in [0.717, 1.165) is 0 Å². The summed E-state index contributed by atoms with van der Waals surface area (Å²) < 4.78 is 21.8. The fourth-order valence-corrected chi connectivity index (χ4v) is 4.91. The van der Waals surface area contributed by atoms with Crippen LogP contribution in [0.25, 0.3) is 0 Å². The zero-order valence-electron chi connectivity index (χ0n) is 19.9. The third-order valence-electron chi connectivity index (χ3n) is 6.49. The fourth-order valence-electron chi connectivity index (χ4n) is 4.91. The number of esters is 2. The number of hydrogen-bond acceptors (Lipinski definition) is 7. The van der Waals surface area contributed by atoms with Crippen LogP contribution in [0.15, 0.2) is 79.9 Å². The van der Waals surface area contributed by atoms with Gasteiger partial charge in [0.05, 0.1) is 5.92 Å². The first-order valence-corrected chi connectivity index (χ1v) is 11.8. The highest BCUT2D eigenvalue weighted by atomic mass is 16.6. The van der Waals surface area contributed by atoms with Gasteiger partial charge in [0.15, 0.2) is 0 Å². The predicted molar refractivity (Wildman–Crippen MR) is 131 cm³/mol. The van der Waals surface area contributed by atoms with Gasteiger partial charge in [-0.1, -0.05) is 55.6 Å². The molecule has 0 unspecified atom stereocenters. The minimum absolute atomic E-state index is 0.00985. The summed E-state index contributed by atoms with van der Waals surface area (Å²) in [5, 5.41) is 2.70. The second-order valence-corrected chi connectivity index (χ2v) is 8.79. The number of benzene rings is 2. The molecule has 2 fully saturated rings. The van der Waals surface area contributed by atoms with Gasteiger partial charge in [0.2, 0.25) is 0 Å². The predicted octanol–water partition coefficient (Wildman–Crippen LogP) is 4.56. The number of nitrogens with one attached hydrogen (secondary N) is 1. The average molecular weight is 492 g/mol. The summed E-state index contributed by atoms with van der Waals surface area (Å²) in [6, 6.07) is 16.5. The monoisotopic (exact) mass is 491 g/mol. The molecule has 4 rings (SSSR count). The van der Waals surface area contributed by atoms with Crippen molar-refractivity contribution >= 4 is 18.0 Å². The lowest BCUT2D eigenvalue weighted by molar-refractivity contribution is -0.155. The first-order valence-electron chi connectivity index (χ1n) is 11.8. The minimum Gasteiger partial charge on any atom is -0.461 e. The van der Waals surface area contributed by atoms with Crippen molar-refractivity contribution in [3.8, 4) is 11.5 Å². The minimum atomic E-state index is -1.38. The molecule has 2 aromatic carbocycles. The SMILES string of the molecule is C=CCOC(=O)N[C@@]1(C(=O)OCc2cccc(Oc3ccccc3)c2)CC[C@H]2[C@H](C(=O)OCC=C)[C@H]21. The van der Waals surface area contributed by atoms with Crippen LogP contribution in [0, 0.1) is 17.8 Å². The molecule has 2 aliphatic carbocycles. The Balaban J connectivity index is 1.46. The number of fused-ring (bicyclic) bond motifs is 1. The van der Waals surface area contributed by atoms with Crippen LogP contribution >= 0.6 is 0 Å². The van der Waals surface area contributed by atoms with Crippen LogP contribution in [-0.4, -0.2) is 36.8 Å². The normalized spacial score (nSPS) is 23.5. The van der Waals surface area contributed by atoms with E-state index in [9.17, 15) is 14.4 Å². The number of amides is 1. The maximum absolute atomic E-state index is 13.4. The summed E-state index contributed by atoms with van der Waals surface area (Å²) in [7, 11) is 0. The quantitative estimate of drug-likeness (QED) is 0.279. The molecule has 0 spiro atoms. The van der Waals surface area contributed by atoms with E-state index in [1.54, 1.807) is 12.1 Å². The summed E-state index contributed by atoms with van der Waals surface area (Å²) in [6.45, 7) is 7.12. The van der Waals surface area contributed by atoms with E-state index in [2.05, 4.69) is 18.5 Å². The third kappa shape index (κ3) is 5.43. The van der Waals surface area contributed by atoms with E-state index < -0.39 is 35.4 Å². The lowest BCUT2D eigenvalue weighted by Crippen LogP contribution is -2.56. The molecule has 36 heavy (non-hydrogen) atoms. The van der Waals surface area contributed by atoms with Crippen molar-refractivity contribution in [3.63, 3.8) is 0 Å². The highest BCUT2D eigenvalue weighted by molar-refractivity contribution is 5.90. The highest BCUT2D eigenvalue weighted by Crippen LogP contribution is 2.63. The summed E-state index contributed by atoms with van der Waals surface area (Å²) in [5.41, 5.74) is -0.660. The van der Waals surface area contributed by atoms with Crippen LogP contribution in [0.4, 0.5) is 4.79 Å². The summed E-state index contributed by atoms with van der Waals surface area (Å²) in [6.07, 6.45) is 3.07. The molecule has 0 bridgehead atoms. The van der Waals surface area contributed by atoms with E-state index in [-0.39, 0.29) is 25.7 Å². The van der Waals surface area contributed by atoms with Gasteiger partial charge in [0.1, 0.15) is 36.9 Å². The standard InChI is InChI=1S/C28H29NO7/c1-3-15-33-25(30)23-22-13-14-28(24(22)23,29-27(32)34-16-4-2)26(31)35-18-19-9-8-12-21(17-19)36-20-10-6-5-7-11-20/h3-12,17,22-24H,1-2,13-16,18H2,(H,29,32)/t22-,23-,24-,28-/m0/s1. The van der Waals surface area contributed by atoms with E-state index in [4.69, 9.17) is 18.9 Å². The fraction of sp³-hybridized carbons (Fsp3) is 0.321. The molecule has 1 N–H and O–H groups in total. The highest BCUT2D eigenvalue weighted by Gasteiger charge is 2.72. The molecule has 0 aliphatic heterocycles. The van der Waals surface area contributed by atoms with Gasteiger partial charge in [-0.25, -0.2) is 9.59 Å². The molecule has 2 saturated carbocycles. The molecule has 0 saturated heterocycles. The molecule has 8 nitrogen and oxygen atoms in total. The molecular weight excluding hydrogens is 462 g/mol. The largest absolute Gasteiger partial charge is 0.461 e. The number of rotatable bonds is 11. The average Bonchev–Trinajstić information content (AvgIpc) is 3.52. The van der Waals surface area contributed by atoms with Crippen LogP contribution in [0.5, 0.6) is 11.5 Å². The zero-order chi connectivity index (χ0) is 25.5. The van der Waals surface area contributed by atoms with Gasteiger partial charge in [-0.2, -0.15) is 0 Å². The molecular formula is C28H29NO7. The Morgan fingerprint density at radius 1 is 0.944 bits per heavy atom. The lowest BCUT2D eigenvalue weighted by Gasteiger charge is -2.30. The summed E-state index contributed by atoms with van der Waals surface area (Å²) >= 11 is 0. The second-order valence-electron chi connectivity index (χ2n) is 8.79. The third-order valence-corrected chi connectivity index (χ3v) is 6.49. The Kier molecular flexibility index (Phi) is 7.73. The van der Waals surface area contributed by atoms with Crippen LogP contribution < -0.4 is 10.1 Å². The second kappa shape index (κ2) is 11.1. The van der Waals surface area contributed by atoms with Crippen LogP contribution in [0.3, 0.4) is 0 Å². The molecule has 8 heteroatoms. The summed E-state index contributed by atoms with van der Waals surface area (Å²) in [4.78, 5) is 38.4. The van der Waals surface area contributed by atoms with Gasteiger partial charge in [-0.15, -0.1) is 0 Å². The van der Waals surface area contributed by atoms with Crippen molar-refractivity contribution in [2.24, 2.45) is 17.8 Å². The Morgan fingerprint density at radius 2 is 1.67 bits per heavy atom. The number of para-hydroxylation sites is 1. The molecule has 188 valence electrons. The number of alkyl carbamates (subject to hydrolysis) is 1. The zero-order valence-corrected chi connectivity index (χ0v) is 19.9. The molecule has 4 atom stereocenters. The molecule has 2 aliphatic rings. The Labute approximate surface area is 209 Å². The molecule has 1 amide bonds. The van der Waals surface area contributed by atoms with E-state index in [1.807, 2.05) is 42.5 Å². The Bertz CT molecular complexity index is 1130. The topological polar surface area (TPSA) is 100 Å². The van der Waals surface area contributed by atoms with Crippen molar-refractivity contribution in [1.82, 2.24) is 5.32 Å². The smallest absolute Gasteiger partial charge is 0.408 e. The number of hydrogen-bond donors (Lipinski definition) is 1. The first-order chi connectivity index (χ1) is 17.5. The van der Waals surface area contributed by atoms with Crippen molar-refractivity contribution in [2.75, 3.05) is 13.2 Å². The van der Waals surface area contributed by atoms with Gasteiger partial charge in [0.25, 0.3) is 0 Å². The molecule has 0 radical (unpaired) electrons. The Morgan fingerprint density at radius 3 is 2.42 bits per heavy atom. The lowest BCUT2D eigenvalue weighted by atomic mass is 9.90. The van der Waals surface area contributed by atoms with Crippen molar-refractivity contribution in [2.45, 2.75) is 25.0 Å². The molecule has 0 heterocycles. The van der Waals surface area contributed by atoms with E-state index in [1.165, 1.54) is 12.2 Å².